The van der Waals surface area contributed by atoms with Gasteiger partial charge in [0.2, 0.25) is 0 Å². The van der Waals surface area contributed by atoms with Gasteiger partial charge in [0.25, 0.3) is 11.6 Å². The largest absolute Gasteiger partial charge is 0.348 e. The number of carbonyl (C=O) groups excluding carboxylic acids is 1. The van der Waals surface area contributed by atoms with Crippen molar-refractivity contribution in [2.45, 2.75) is 12.5 Å². The summed E-state index contributed by atoms with van der Waals surface area (Å²) in [4.78, 5) is 21.7. The van der Waals surface area contributed by atoms with Crippen molar-refractivity contribution in [3.63, 3.8) is 0 Å². The first-order valence-electron chi connectivity index (χ1n) is 5.74. The molecule has 9 heteroatoms. The van der Waals surface area contributed by atoms with Gasteiger partial charge in [-0.25, -0.2) is 12.8 Å². The lowest BCUT2D eigenvalue weighted by Gasteiger charge is -2.11. The van der Waals surface area contributed by atoms with E-state index in [0.29, 0.717) is 0 Å². The van der Waals surface area contributed by atoms with E-state index in [1.54, 1.807) is 0 Å². The van der Waals surface area contributed by atoms with Gasteiger partial charge in [0.15, 0.2) is 9.84 Å². The number of amides is 1. The summed E-state index contributed by atoms with van der Waals surface area (Å²) in [6.45, 7) is 0. The first kappa shape index (κ1) is 14.4. The maximum absolute atomic E-state index is 13.5. The second kappa shape index (κ2) is 5.16. The van der Waals surface area contributed by atoms with Gasteiger partial charge in [0, 0.05) is 18.2 Å². The fraction of sp³-hybridized carbons (Fsp3) is 0.364. The lowest BCUT2D eigenvalue weighted by Crippen LogP contribution is -2.36. The highest BCUT2D eigenvalue weighted by atomic mass is 32.2. The lowest BCUT2D eigenvalue weighted by molar-refractivity contribution is -0.384. The zero-order chi connectivity index (χ0) is 14.9. The Labute approximate surface area is 113 Å². The molecule has 1 saturated heterocycles. The van der Waals surface area contributed by atoms with Crippen LogP contribution in [0.25, 0.3) is 0 Å². The van der Waals surface area contributed by atoms with Crippen molar-refractivity contribution >= 4 is 21.4 Å². The van der Waals surface area contributed by atoms with Crippen LogP contribution in [0.5, 0.6) is 0 Å². The molecule has 1 amide bonds. The second-order valence-corrected chi connectivity index (χ2v) is 6.72. The lowest BCUT2D eigenvalue weighted by atomic mass is 10.1. The molecule has 0 aromatic heterocycles. The number of nitro groups is 1. The Bertz CT molecular complexity index is 673. The fourth-order valence-electron chi connectivity index (χ4n) is 1.97. The number of nitrogens with one attached hydrogen (secondary N) is 1. The highest BCUT2D eigenvalue weighted by molar-refractivity contribution is 7.91. The molecule has 0 aliphatic carbocycles. The van der Waals surface area contributed by atoms with Gasteiger partial charge in [-0.1, -0.05) is 0 Å². The van der Waals surface area contributed by atoms with Gasteiger partial charge >= 0.3 is 0 Å². The van der Waals surface area contributed by atoms with E-state index in [9.17, 15) is 27.7 Å². The van der Waals surface area contributed by atoms with Crippen molar-refractivity contribution in [3.05, 3.63) is 39.7 Å². The molecule has 1 atom stereocenters. The number of nitro benzene ring substituents is 1. The maximum Gasteiger partial charge on any atom is 0.270 e. The third-order valence-corrected chi connectivity index (χ3v) is 4.74. The number of non-ortho nitro benzene ring substituents is 1. The molecule has 20 heavy (non-hydrogen) atoms. The second-order valence-electron chi connectivity index (χ2n) is 4.49. The van der Waals surface area contributed by atoms with Crippen molar-refractivity contribution in [3.8, 4) is 0 Å². The van der Waals surface area contributed by atoms with Gasteiger partial charge in [-0.15, -0.1) is 0 Å². The van der Waals surface area contributed by atoms with E-state index in [0.717, 1.165) is 18.2 Å². The molecule has 1 aliphatic heterocycles. The summed E-state index contributed by atoms with van der Waals surface area (Å²) < 4.78 is 36.0. The van der Waals surface area contributed by atoms with Gasteiger partial charge < -0.3 is 5.32 Å². The monoisotopic (exact) mass is 302 g/mol. The molecule has 1 aromatic rings. The summed E-state index contributed by atoms with van der Waals surface area (Å²) >= 11 is 0. The van der Waals surface area contributed by atoms with Gasteiger partial charge in [-0.3, -0.25) is 14.9 Å². The molecule has 0 radical (unpaired) electrons. The van der Waals surface area contributed by atoms with Crippen LogP contribution in [0.2, 0.25) is 0 Å². The average Bonchev–Trinajstić information content (AvgIpc) is 2.68. The van der Waals surface area contributed by atoms with Gasteiger partial charge in [0.1, 0.15) is 5.82 Å². The van der Waals surface area contributed by atoms with Crippen molar-refractivity contribution in [2.24, 2.45) is 0 Å². The number of carbonyl (C=O) groups is 1. The number of nitrogens with zero attached hydrogens (tertiary/aromatic N) is 1. The van der Waals surface area contributed by atoms with E-state index in [2.05, 4.69) is 5.32 Å². The third-order valence-electron chi connectivity index (χ3n) is 2.97. The molecule has 1 aliphatic rings. The van der Waals surface area contributed by atoms with Gasteiger partial charge in [-0.05, 0) is 12.5 Å². The van der Waals surface area contributed by atoms with E-state index < -0.39 is 43.8 Å². The predicted molar refractivity (Wildman–Crippen MR) is 67.6 cm³/mol. The fourth-order valence-corrected chi connectivity index (χ4v) is 3.65. The smallest absolute Gasteiger partial charge is 0.270 e. The first-order chi connectivity index (χ1) is 9.28. The van der Waals surface area contributed by atoms with Crippen LogP contribution in [-0.2, 0) is 9.84 Å². The topological polar surface area (TPSA) is 106 Å². The van der Waals surface area contributed by atoms with Crippen molar-refractivity contribution in [1.29, 1.82) is 0 Å². The van der Waals surface area contributed by atoms with Crippen LogP contribution in [0.4, 0.5) is 10.1 Å². The molecule has 1 fully saturated rings. The molecule has 1 heterocycles. The average molecular weight is 302 g/mol. The van der Waals surface area contributed by atoms with Crippen LogP contribution in [0.1, 0.15) is 16.8 Å². The normalized spacial score (nSPS) is 20.6. The van der Waals surface area contributed by atoms with E-state index in [-0.39, 0.29) is 17.9 Å². The van der Waals surface area contributed by atoms with Crippen molar-refractivity contribution in [2.75, 3.05) is 11.5 Å². The summed E-state index contributed by atoms with van der Waals surface area (Å²) in [7, 11) is -3.17. The number of halogens is 1. The van der Waals surface area contributed by atoms with Crippen LogP contribution in [0.3, 0.4) is 0 Å². The molecule has 1 N–H and O–H groups in total. The Morgan fingerprint density at radius 2 is 2.15 bits per heavy atom. The number of sulfone groups is 1. The summed E-state index contributed by atoms with van der Waals surface area (Å²) in [6, 6.07) is 2.02. The molecule has 108 valence electrons. The molecule has 1 aromatic carbocycles. The number of hydrogen-bond acceptors (Lipinski definition) is 5. The predicted octanol–water partition coefficient (Wildman–Crippen LogP) is 0.651. The van der Waals surface area contributed by atoms with Crippen molar-refractivity contribution in [1.82, 2.24) is 5.32 Å². The standard InChI is InChI=1S/C11H11FN2O5S/c12-10-2-1-8(14(16)17)5-9(10)11(15)13-7-3-4-20(18,19)6-7/h1-2,5,7H,3-4,6H2,(H,13,15). The molecular weight excluding hydrogens is 291 g/mol. The van der Waals surface area contributed by atoms with Crippen LogP contribution < -0.4 is 5.32 Å². The van der Waals surface area contributed by atoms with Crippen LogP contribution in [-0.4, -0.2) is 36.8 Å². The minimum Gasteiger partial charge on any atom is -0.348 e. The minimum absolute atomic E-state index is 0.0324. The first-order valence-corrected chi connectivity index (χ1v) is 7.56. The number of hydrogen-bond donors (Lipinski definition) is 1. The van der Waals surface area contributed by atoms with Gasteiger partial charge in [-0.2, -0.15) is 0 Å². The van der Waals surface area contributed by atoms with Crippen LogP contribution >= 0.6 is 0 Å². The molecular formula is C11H11FN2O5S. The summed E-state index contributed by atoms with van der Waals surface area (Å²) in [6.07, 6.45) is 0.255. The Morgan fingerprint density at radius 3 is 2.70 bits per heavy atom. The highest BCUT2D eigenvalue weighted by Crippen LogP contribution is 2.18. The van der Waals surface area contributed by atoms with E-state index in [1.807, 2.05) is 0 Å². The van der Waals surface area contributed by atoms with E-state index >= 15 is 0 Å². The third kappa shape index (κ3) is 3.10. The Hall–Kier alpha value is -2.03. The summed E-state index contributed by atoms with van der Waals surface area (Å²) in [5.41, 5.74) is -0.876. The van der Waals surface area contributed by atoms with Crippen LogP contribution in [0, 0.1) is 15.9 Å². The molecule has 1 unspecified atom stereocenters. The molecule has 7 nitrogen and oxygen atoms in total. The quantitative estimate of drug-likeness (QED) is 0.651. The Morgan fingerprint density at radius 1 is 1.45 bits per heavy atom. The van der Waals surface area contributed by atoms with Crippen molar-refractivity contribution < 1.29 is 22.5 Å². The minimum atomic E-state index is -3.17. The molecule has 0 saturated carbocycles. The molecule has 0 bridgehead atoms. The number of benzene rings is 1. The Kier molecular flexibility index (Phi) is 3.71. The Balaban J connectivity index is 2.17. The zero-order valence-electron chi connectivity index (χ0n) is 10.2. The van der Waals surface area contributed by atoms with E-state index in [1.165, 1.54) is 0 Å². The molecule has 2 rings (SSSR count). The zero-order valence-corrected chi connectivity index (χ0v) is 11.0. The number of rotatable bonds is 3. The maximum atomic E-state index is 13.5. The summed E-state index contributed by atoms with van der Waals surface area (Å²) in [5, 5.41) is 13.0. The van der Waals surface area contributed by atoms with Gasteiger partial charge in [0.05, 0.1) is 22.0 Å². The SMILES string of the molecule is O=C(NC1CCS(=O)(=O)C1)c1cc([N+](=O)[O-])ccc1F. The van der Waals surface area contributed by atoms with Crippen LogP contribution in [0.15, 0.2) is 18.2 Å². The van der Waals surface area contributed by atoms with E-state index in [4.69, 9.17) is 0 Å². The molecule has 0 spiro atoms. The highest BCUT2D eigenvalue weighted by Gasteiger charge is 2.30. The summed E-state index contributed by atoms with van der Waals surface area (Å²) in [5.74, 6) is -1.98.